The zero-order valence-corrected chi connectivity index (χ0v) is 7.61. The molecule has 1 nitrogen and oxygen atoms in total. The number of hydrogen-bond acceptors (Lipinski definition) is 1. The molecular weight excluding hydrogens is 160 g/mol. The Morgan fingerprint density at radius 1 is 1.08 bits per heavy atom. The van der Waals surface area contributed by atoms with E-state index in [-0.39, 0.29) is 6.10 Å². The fourth-order valence-corrected chi connectivity index (χ4v) is 3.01. The van der Waals surface area contributed by atoms with Crippen molar-refractivity contribution in [1.29, 1.82) is 0 Å². The summed E-state index contributed by atoms with van der Waals surface area (Å²) in [6.45, 7) is 0. The Kier molecular flexibility index (Phi) is 1.50. The van der Waals surface area contributed by atoms with Gasteiger partial charge in [0.15, 0.2) is 0 Å². The van der Waals surface area contributed by atoms with Crippen LogP contribution in [0.2, 0.25) is 0 Å². The summed E-state index contributed by atoms with van der Waals surface area (Å²) in [6, 6.07) is 8.63. The van der Waals surface area contributed by atoms with E-state index in [0.717, 1.165) is 6.42 Å². The van der Waals surface area contributed by atoms with Crippen LogP contribution >= 0.6 is 0 Å². The maximum atomic E-state index is 9.85. The zero-order chi connectivity index (χ0) is 8.84. The Labute approximate surface area is 78.4 Å². The zero-order valence-electron chi connectivity index (χ0n) is 7.61. The SMILES string of the molecule is O[C@@H]1C[C@H]2CC[C@@H]1c1ccccc12. The van der Waals surface area contributed by atoms with Crippen LogP contribution in [-0.2, 0) is 0 Å². The molecule has 13 heavy (non-hydrogen) atoms. The van der Waals surface area contributed by atoms with Gasteiger partial charge in [0.2, 0.25) is 0 Å². The second-order valence-corrected chi connectivity index (χ2v) is 4.31. The third-order valence-corrected chi connectivity index (χ3v) is 3.65. The summed E-state index contributed by atoms with van der Waals surface area (Å²) in [5.41, 5.74) is 2.92. The molecule has 3 aliphatic carbocycles. The fraction of sp³-hybridized carbons (Fsp3) is 0.500. The number of hydrogen-bond donors (Lipinski definition) is 1. The van der Waals surface area contributed by atoms with E-state index in [1.54, 1.807) is 0 Å². The summed E-state index contributed by atoms with van der Waals surface area (Å²) in [5.74, 6) is 1.07. The van der Waals surface area contributed by atoms with Crippen LogP contribution in [0.1, 0.15) is 42.2 Å². The Morgan fingerprint density at radius 3 is 2.62 bits per heavy atom. The van der Waals surface area contributed by atoms with Crippen LogP contribution in [0.15, 0.2) is 24.3 Å². The lowest BCUT2D eigenvalue weighted by Gasteiger charge is -2.41. The van der Waals surface area contributed by atoms with E-state index in [9.17, 15) is 5.11 Å². The maximum Gasteiger partial charge on any atom is 0.0614 e. The van der Waals surface area contributed by atoms with Crippen LogP contribution in [0.4, 0.5) is 0 Å². The van der Waals surface area contributed by atoms with Gasteiger partial charge in [-0.15, -0.1) is 0 Å². The van der Waals surface area contributed by atoms with Gasteiger partial charge in [-0.1, -0.05) is 24.3 Å². The smallest absolute Gasteiger partial charge is 0.0614 e. The van der Waals surface area contributed by atoms with Crippen molar-refractivity contribution in [2.45, 2.75) is 37.2 Å². The first kappa shape index (κ1) is 7.57. The highest BCUT2D eigenvalue weighted by Crippen LogP contribution is 2.48. The molecule has 0 saturated heterocycles. The highest BCUT2D eigenvalue weighted by atomic mass is 16.3. The monoisotopic (exact) mass is 174 g/mol. The second kappa shape index (κ2) is 2.58. The van der Waals surface area contributed by atoms with Crippen molar-refractivity contribution >= 4 is 0 Å². The Morgan fingerprint density at radius 2 is 1.85 bits per heavy atom. The van der Waals surface area contributed by atoms with Crippen LogP contribution in [0.25, 0.3) is 0 Å². The molecule has 2 bridgehead atoms. The first-order valence-corrected chi connectivity index (χ1v) is 5.13. The molecule has 0 aromatic heterocycles. The van der Waals surface area contributed by atoms with Crippen molar-refractivity contribution in [3.05, 3.63) is 35.4 Å². The molecule has 1 saturated carbocycles. The first-order valence-electron chi connectivity index (χ1n) is 5.13. The first-order chi connectivity index (χ1) is 6.36. The molecule has 1 fully saturated rings. The molecule has 0 aliphatic heterocycles. The molecule has 1 N–H and O–H groups in total. The largest absolute Gasteiger partial charge is 0.392 e. The highest BCUT2D eigenvalue weighted by molar-refractivity contribution is 5.39. The normalized spacial score (nSPS) is 35.9. The number of aliphatic hydroxyl groups is 1. The van der Waals surface area contributed by atoms with Crippen LogP contribution in [0, 0.1) is 0 Å². The third-order valence-electron chi connectivity index (χ3n) is 3.65. The number of benzene rings is 1. The van der Waals surface area contributed by atoms with Crippen LogP contribution in [-0.4, -0.2) is 11.2 Å². The average Bonchev–Trinajstić information content (AvgIpc) is 2.19. The van der Waals surface area contributed by atoms with Crippen molar-refractivity contribution in [3.63, 3.8) is 0 Å². The van der Waals surface area contributed by atoms with E-state index in [2.05, 4.69) is 24.3 Å². The van der Waals surface area contributed by atoms with Crippen molar-refractivity contribution in [1.82, 2.24) is 0 Å². The van der Waals surface area contributed by atoms with E-state index < -0.39 is 0 Å². The molecule has 0 radical (unpaired) electrons. The molecule has 68 valence electrons. The number of rotatable bonds is 0. The van der Waals surface area contributed by atoms with E-state index in [1.165, 1.54) is 24.0 Å². The fourth-order valence-electron chi connectivity index (χ4n) is 3.01. The molecule has 3 atom stereocenters. The number of aliphatic hydroxyl groups excluding tert-OH is 1. The van der Waals surface area contributed by atoms with Gasteiger partial charge in [-0.05, 0) is 36.3 Å². The minimum Gasteiger partial charge on any atom is -0.392 e. The predicted molar refractivity (Wildman–Crippen MR) is 51.8 cm³/mol. The van der Waals surface area contributed by atoms with Gasteiger partial charge in [-0.3, -0.25) is 0 Å². The summed E-state index contributed by atoms with van der Waals surface area (Å²) < 4.78 is 0. The van der Waals surface area contributed by atoms with Crippen molar-refractivity contribution < 1.29 is 5.11 Å². The van der Waals surface area contributed by atoms with Gasteiger partial charge in [0.1, 0.15) is 0 Å². The lowest BCUT2D eigenvalue weighted by Crippen LogP contribution is -2.33. The molecule has 0 unspecified atom stereocenters. The average molecular weight is 174 g/mol. The molecule has 1 aromatic carbocycles. The van der Waals surface area contributed by atoms with Gasteiger partial charge in [-0.25, -0.2) is 0 Å². The van der Waals surface area contributed by atoms with Crippen LogP contribution < -0.4 is 0 Å². The minimum atomic E-state index is -0.0753. The molecule has 0 amide bonds. The van der Waals surface area contributed by atoms with Gasteiger partial charge >= 0.3 is 0 Å². The molecule has 1 heteroatoms. The standard InChI is InChI=1S/C12H14O/c13-12-7-8-5-6-11(12)10-4-2-1-3-9(8)10/h1-4,8,11-13H,5-7H2/t8-,11-,12-/m1/s1. The lowest BCUT2D eigenvalue weighted by atomic mass is 9.66. The van der Waals surface area contributed by atoms with Gasteiger partial charge in [0.25, 0.3) is 0 Å². The minimum absolute atomic E-state index is 0.0753. The Balaban J connectivity index is 2.16. The van der Waals surface area contributed by atoms with E-state index in [0.29, 0.717) is 11.8 Å². The third kappa shape index (κ3) is 0.969. The summed E-state index contributed by atoms with van der Waals surface area (Å²) >= 11 is 0. The molecule has 1 aromatic rings. The van der Waals surface area contributed by atoms with Gasteiger partial charge in [-0.2, -0.15) is 0 Å². The molecule has 0 heterocycles. The quantitative estimate of drug-likeness (QED) is 0.640. The van der Waals surface area contributed by atoms with E-state index >= 15 is 0 Å². The lowest BCUT2D eigenvalue weighted by molar-refractivity contribution is 0.0836. The molecule has 3 aliphatic rings. The van der Waals surface area contributed by atoms with Gasteiger partial charge < -0.3 is 5.11 Å². The topological polar surface area (TPSA) is 20.2 Å². The Bertz CT molecular complexity index is 332. The van der Waals surface area contributed by atoms with Crippen molar-refractivity contribution in [2.24, 2.45) is 0 Å². The highest BCUT2D eigenvalue weighted by Gasteiger charge is 2.38. The molecule has 4 rings (SSSR count). The van der Waals surface area contributed by atoms with Crippen molar-refractivity contribution in [2.75, 3.05) is 0 Å². The van der Waals surface area contributed by atoms with Crippen LogP contribution in [0.5, 0.6) is 0 Å². The van der Waals surface area contributed by atoms with Gasteiger partial charge in [0.05, 0.1) is 6.10 Å². The maximum absolute atomic E-state index is 9.85. The summed E-state index contributed by atoms with van der Waals surface area (Å²) in [6.07, 6.45) is 3.37. The Hall–Kier alpha value is -0.820. The summed E-state index contributed by atoms with van der Waals surface area (Å²) in [4.78, 5) is 0. The van der Waals surface area contributed by atoms with Gasteiger partial charge in [0, 0.05) is 5.92 Å². The van der Waals surface area contributed by atoms with E-state index in [1.807, 2.05) is 0 Å². The predicted octanol–water partition coefficient (Wildman–Crippen LogP) is 2.41. The van der Waals surface area contributed by atoms with Crippen LogP contribution in [0.3, 0.4) is 0 Å². The number of fused-ring (bicyclic) bond motifs is 2. The molecular formula is C12H14O. The summed E-state index contributed by atoms with van der Waals surface area (Å²) in [5, 5.41) is 9.85. The second-order valence-electron chi connectivity index (χ2n) is 4.31. The van der Waals surface area contributed by atoms with E-state index in [4.69, 9.17) is 0 Å². The molecule has 0 spiro atoms. The van der Waals surface area contributed by atoms with Crippen molar-refractivity contribution in [3.8, 4) is 0 Å². The summed E-state index contributed by atoms with van der Waals surface area (Å²) in [7, 11) is 0.